The number of nitrogens with zero attached hydrogens (tertiary/aromatic N) is 4. The van der Waals surface area contributed by atoms with E-state index in [1.165, 1.54) is 69.2 Å². The Hall–Kier alpha value is -2.57. The molecule has 3 aromatic rings. The van der Waals surface area contributed by atoms with Gasteiger partial charge in [-0.05, 0) is 88.2 Å². The third-order valence-electron chi connectivity index (χ3n) is 7.33. The third kappa shape index (κ3) is 9.02. The largest absolute Gasteiger partial charge is 0.497 e. The van der Waals surface area contributed by atoms with E-state index < -0.39 is 0 Å². The number of benzene rings is 2. The number of ether oxygens (including phenoxy) is 1. The summed E-state index contributed by atoms with van der Waals surface area (Å²) in [5, 5.41) is 3.59. The van der Waals surface area contributed by atoms with Crippen LogP contribution in [0.2, 0.25) is 0 Å². The van der Waals surface area contributed by atoms with Crippen LogP contribution in [0.25, 0.3) is 11.0 Å². The van der Waals surface area contributed by atoms with Gasteiger partial charge in [0.2, 0.25) is 5.95 Å². The van der Waals surface area contributed by atoms with Crippen LogP contribution in [-0.4, -0.2) is 59.2 Å². The van der Waals surface area contributed by atoms with Crippen LogP contribution in [0.15, 0.2) is 42.5 Å². The monoisotopic (exact) mass is 521 g/mol. The van der Waals surface area contributed by atoms with E-state index in [2.05, 4.69) is 71.6 Å². The molecule has 1 heterocycles. The van der Waals surface area contributed by atoms with E-state index in [1.54, 1.807) is 7.11 Å². The van der Waals surface area contributed by atoms with Gasteiger partial charge in [0.1, 0.15) is 5.75 Å². The molecule has 38 heavy (non-hydrogen) atoms. The second-order valence-electron chi connectivity index (χ2n) is 10.4. The zero-order chi connectivity index (χ0) is 27.2. The van der Waals surface area contributed by atoms with E-state index >= 15 is 0 Å². The molecule has 2 aromatic carbocycles. The summed E-state index contributed by atoms with van der Waals surface area (Å²) in [5.41, 5.74) is 4.63. The Morgan fingerprint density at radius 1 is 0.816 bits per heavy atom. The Morgan fingerprint density at radius 3 is 2.16 bits per heavy atom. The molecule has 0 saturated carbocycles. The molecule has 0 bridgehead atoms. The highest BCUT2D eigenvalue weighted by Gasteiger charge is 2.14. The van der Waals surface area contributed by atoms with Crippen molar-refractivity contribution < 1.29 is 4.74 Å². The van der Waals surface area contributed by atoms with Gasteiger partial charge in [0.05, 0.1) is 18.1 Å². The number of aromatic nitrogens is 2. The Morgan fingerprint density at radius 2 is 1.50 bits per heavy atom. The first kappa shape index (κ1) is 30.0. The van der Waals surface area contributed by atoms with Crippen LogP contribution < -0.4 is 10.1 Å². The number of methoxy groups -OCH3 is 1. The van der Waals surface area contributed by atoms with Crippen molar-refractivity contribution in [2.24, 2.45) is 0 Å². The van der Waals surface area contributed by atoms with Gasteiger partial charge < -0.3 is 19.5 Å². The fourth-order valence-electron chi connectivity index (χ4n) is 4.97. The Labute approximate surface area is 231 Å². The van der Waals surface area contributed by atoms with Crippen molar-refractivity contribution in [3.63, 3.8) is 0 Å². The summed E-state index contributed by atoms with van der Waals surface area (Å²) in [5.74, 6) is 1.74. The van der Waals surface area contributed by atoms with Crippen molar-refractivity contribution >= 4 is 22.7 Å². The lowest BCUT2D eigenvalue weighted by Gasteiger charge is -2.22. The van der Waals surface area contributed by atoms with Gasteiger partial charge in [0.25, 0.3) is 0 Å². The first-order valence-electron chi connectivity index (χ1n) is 15.0. The van der Waals surface area contributed by atoms with E-state index in [9.17, 15) is 0 Å². The molecule has 210 valence electrons. The molecule has 0 fully saturated rings. The second-order valence-corrected chi connectivity index (χ2v) is 10.4. The summed E-state index contributed by atoms with van der Waals surface area (Å²) in [6.45, 7) is 16.8. The van der Waals surface area contributed by atoms with Crippen LogP contribution in [0.5, 0.6) is 5.75 Å². The van der Waals surface area contributed by atoms with Crippen LogP contribution in [0, 0.1) is 0 Å². The Kier molecular flexibility index (Phi) is 12.9. The van der Waals surface area contributed by atoms with Gasteiger partial charge in [0, 0.05) is 24.8 Å². The number of imidazole rings is 1. The standard InChI is InChI=1S/C32H51N5O/c1-6-10-19-35(9-4)22-14-23-37-31-24-27(26-36(20-11-7-2)21-12-8-3)17-18-30(31)34-32(37)33-28-15-13-16-29(25-28)38-5/h13,15-18,24-25H,6-12,14,19-23,26H2,1-5H3,(H,33,34). The number of rotatable bonds is 19. The molecule has 1 aromatic heterocycles. The molecule has 3 rings (SSSR count). The fraction of sp³-hybridized carbons (Fsp3) is 0.594. The summed E-state index contributed by atoms with van der Waals surface area (Å²) >= 11 is 0. The highest BCUT2D eigenvalue weighted by Crippen LogP contribution is 2.27. The van der Waals surface area contributed by atoms with Crippen molar-refractivity contribution in [1.82, 2.24) is 19.4 Å². The maximum absolute atomic E-state index is 5.45. The molecular weight excluding hydrogens is 470 g/mol. The summed E-state index contributed by atoms with van der Waals surface area (Å²) in [6.07, 6.45) is 8.59. The van der Waals surface area contributed by atoms with Crippen molar-refractivity contribution in [2.45, 2.75) is 85.7 Å². The molecule has 0 spiro atoms. The highest BCUT2D eigenvalue weighted by atomic mass is 16.5. The average Bonchev–Trinajstić information content (AvgIpc) is 3.28. The van der Waals surface area contributed by atoms with Gasteiger partial charge in [0.15, 0.2) is 0 Å². The lowest BCUT2D eigenvalue weighted by Crippen LogP contribution is -2.26. The molecule has 0 unspecified atom stereocenters. The van der Waals surface area contributed by atoms with E-state index in [1.807, 2.05) is 18.2 Å². The quantitative estimate of drug-likeness (QED) is 0.175. The molecule has 0 amide bonds. The van der Waals surface area contributed by atoms with Gasteiger partial charge in [-0.2, -0.15) is 0 Å². The van der Waals surface area contributed by atoms with Crippen molar-refractivity contribution in [3.05, 3.63) is 48.0 Å². The first-order valence-corrected chi connectivity index (χ1v) is 15.0. The normalized spacial score (nSPS) is 11.7. The average molecular weight is 522 g/mol. The molecule has 1 N–H and O–H groups in total. The Bertz CT molecular complexity index is 1070. The molecule has 6 heteroatoms. The molecule has 6 nitrogen and oxygen atoms in total. The molecule has 0 aliphatic carbocycles. The summed E-state index contributed by atoms with van der Waals surface area (Å²) in [6, 6.07) is 14.9. The molecule has 0 atom stereocenters. The summed E-state index contributed by atoms with van der Waals surface area (Å²) < 4.78 is 7.83. The number of nitrogens with one attached hydrogen (secondary N) is 1. The van der Waals surface area contributed by atoms with Gasteiger partial charge >= 0.3 is 0 Å². The van der Waals surface area contributed by atoms with Crippen molar-refractivity contribution in [3.8, 4) is 5.75 Å². The lowest BCUT2D eigenvalue weighted by molar-refractivity contribution is 0.257. The predicted octanol–water partition coefficient (Wildman–Crippen LogP) is 7.70. The van der Waals surface area contributed by atoms with Crippen LogP contribution in [-0.2, 0) is 13.1 Å². The van der Waals surface area contributed by atoms with Gasteiger partial charge in [-0.15, -0.1) is 0 Å². The summed E-state index contributed by atoms with van der Waals surface area (Å²) in [7, 11) is 1.71. The summed E-state index contributed by atoms with van der Waals surface area (Å²) in [4.78, 5) is 10.2. The first-order chi connectivity index (χ1) is 18.6. The van der Waals surface area contributed by atoms with Gasteiger partial charge in [-0.3, -0.25) is 4.90 Å². The van der Waals surface area contributed by atoms with Gasteiger partial charge in [-0.25, -0.2) is 4.98 Å². The number of aryl methyl sites for hydroxylation is 1. The zero-order valence-corrected chi connectivity index (χ0v) is 24.6. The van der Waals surface area contributed by atoms with Crippen molar-refractivity contribution in [2.75, 3.05) is 45.2 Å². The maximum atomic E-state index is 5.45. The van der Waals surface area contributed by atoms with Crippen LogP contribution in [0.1, 0.15) is 78.2 Å². The molecule has 0 saturated heterocycles. The predicted molar refractivity (Wildman–Crippen MR) is 163 cm³/mol. The van der Waals surface area contributed by atoms with E-state index in [0.29, 0.717) is 0 Å². The van der Waals surface area contributed by atoms with Crippen molar-refractivity contribution in [1.29, 1.82) is 0 Å². The van der Waals surface area contributed by atoms with Gasteiger partial charge in [-0.1, -0.05) is 59.1 Å². The zero-order valence-electron chi connectivity index (χ0n) is 24.6. The highest BCUT2D eigenvalue weighted by molar-refractivity contribution is 5.80. The van der Waals surface area contributed by atoms with E-state index in [-0.39, 0.29) is 0 Å². The molecule has 0 aliphatic heterocycles. The minimum Gasteiger partial charge on any atom is -0.497 e. The van der Waals surface area contributed by atoms with Crippen LogP contribution in [0.4, 0.5) is 11.6 Å². The number of fused-ring (bicyclic) bond motifs is 1. The number of anilines is 2. The van der Waals surface area contributed by atoms with Crippen LogP contribution >= 0.6 is 0 Å². The Balaban J connectivity index is 1.87. The lowest BCUT2D eigenvalue weighted by atomic mass is 10.1. The van der Waals surface area contributed by atoms with E-state index in [4.69, 9.17) is 9.72 Å². The fourth-order valence-corrected chi connectivity index (χ4v) is 4.97. The number of hydrogen-bond donors (Lipinski definition) is 1. The number of hydrogen-bond acceptors (Lipinski definition) is 5. The third-order valence-corrected chi connectivity index (χ3v) is 7.33. The van der Waals surface area contributed by atoms with E-state index in [0.717, 1.165) is 55.5 Å². The minimum absolute atomic E-state index is 0.841. The molecular formula is C32H51N5O. The SMILES string of the molecule is CCCCN(CC)CCCn1c(Nc2cccc(OC)c2)nc2ccc(CN(CCCC)CCCC)cc21. The number of unbranched alkanes of at least 4 members (excludes halogenated alkanes) is 3. The molecule has 0 radical (unpaired) electrons. The maximum Gasteiger partial charge on any atom is 0.208 e. The second kappa shape index (κ2) is 16.4. The topological polar surface area (TPSA) is 45.6 Å². The van der Waals surface area contributed by atoms with Crippen LogP contribution in [0.3, 0.4) is 0 Å². The minimum atomic E-state index is 0.841. The molecule has 0 aliphatic rings. The smallest absolute Gasteiger partial charge is 0.208 e.